The number of carboxylic acids is 2. The number of nitrogens with one attached hydrogen (secondary N) is 1. The van der Waals surface area contributed by atoms with E-state index in [1.54, 1.807) is 0 Å². The number of amides is 1. The van der Waals surface area contributed by atoms with Gasteiger partial charge in [-0.2, -0.15) is 0 Å². The van der Waals surface area contributed by atoms with E-state index < -0.39 is 29.7 Å². The molecule has 2 aromatic rings. The number of aliphatic carboxylic acids is 1. The average Bonchev–Trinajstić information content (AvgIpc) is 2.54. The topological polar surface area (TPSA) is 104 Å². The van der Waals surface area contributed by atoms with Crippen LogP contribution >= 0.6 is 0 Å². The summed E-state index contributed by atoms with van der Waals surface area (Å²) in [4.78, 5) is 34.1. The van der Waals surface area contributed by atoms with E-state index in [-0.39, 0.29) is 17.5 Å². The summed E-state index contributed by atoms with van der Waals surface area (Å²) in [6, 6.07) is 9.35. The fraction of sp³-hybridized carbons (Fsp3) is 0.118. The molecular weight excluding hydrogens is 317 g/mol. The second-order valence-electron chi connectivity index (χ2n) is 5.08. The SMILES string of the molecule is O=C(O)c1ccc(C[C@H](NC(=O)c2cccc(F)c2)C(=O)O)cc1. The fourth-order valence-electron chi connectivity index (χ4n) is 2.09. The zero-order valence-corrected chi connectivity index (χ0v) is 12.4. The van der Waals surface area contributed by atoms with E-state index in [1.165, 1.54) is 42.5 Å². The normalized spacial score (nSPS) is 11.5. The van der Waals surface area contributed by atoms with Crippen molar-refractivity contribution in [2.75, 3.05) is 0 Å². The summed E-state index contributed by atoms with van der Waals surface area (Å²) in [6.07, 6.45) is -0.0315. The summed E-state index contributed by atoms with van der Waals surface area (Å²) in [6.45, 7) is 0. The van der Waals surface area contributed by atoms with Crippen molar-refractivity contribution in [3.05, 3.63) is 71.0 Å². The lowest BCUT2D eigenvalue weighted by Gasteiger charge is -2.15. The number of benzene rings is 2. The average molecular weight is 331 g/mol. The maximum atomic E-state index is 13.1. The van der Waals surface area contributed by atoms with E-state index in [9.17, 15) is 23.9 Å². The van der Waals surface area contributed by atoms with Crippen LogP contribution in [0.5, 0.6) is 0 Å². The van der Waals surface area contributed by atoms with Gasteiger partial charge in [-0.15, -0.1) is 0 Å². The van der Waals surface area contributed by atoms with Crippen molar-refractivity contribution >= 4 is 17.8 Å². The Labute approximate surface area is 136 Å². The van der Waals surface area contributed by atoms with Gasteiger partial charge in [0.1, 0.15) is 11.9 Å². The summed E-state index contributed by atoms with van der Waals surface area (Å²) in [5, 5.41) is 20.4. The number of halogens is 1. The van der Waals surface area contributed by atoms with Crippen molar-refractivity contribution in [3.8, 4) is 0 Å². The standard InChI is InChI=1S/C17H14FNO5/c18-13-3-1-2-12(9-13)15(20)19-14(17(23)24)8-10-4-6-11(7-5-10)16(21)22/h1-7,9,14H,8H2,(H,19,20)(H,21,22)(H,23,24)/t14-/m0/s1. The van der Waals surface area contributed by atoms with Gasteiger partial charge in [0.05, 0.1) is 5.56 Å². The van der Waals surface area contributed by atoms with Gasteiger partial charge in [0, 0.05) is 12.0 Å². The van der Waals surface area contributed by atoms with E-state index in [1.807, 2.05) is 0 Å². The molecule has 7 heteroatoms. The molecule has 2 rings (SSSR count). The Balaban J connectivity index is 2.10. The van der Waals surface area contributed by atoms with Crippen LogP contribution in [0.1, 0.15) is 26.3 Å². The molecule has 24 heavy (non-hydrogen) atoms. The Morgan fingerprint density at radius 3 is 2.21 bits per heavy atom. The highest BCUT2D eigenvalue weighted by molar-refractivity contribution is 5.96. The largest absolute Gasteiger partial charge is 0.480 e. The summed E-state index contributed by atoms with van der Waals surface area (Å²) in [5.74, 6) is -3.64. The molecule has 0 aliphatic heterocycles. The molecule has 0 heterocycles. The summed E-state index contributed by atoms with van der Waals surface area (Å²) in [5.41, 5.74) is 0.642. The lowest BCUT2D eigenvalue weighted by atomic mass is 10.0. The van der Waals surface area contributed by atoms with Crippen molar-refractivity contribution in [3.63, 3.8) is 0 Å². The molecule has 6 nitrogen and oxygen atoms in total. The van der Waals surface area contributed by atoms with Gasteiger partial charge in [-0.3, -0.25) is 4.79 Å². The van der Waals surface area contributed by atoms with Crippen LogP contribution in [0.25, 0.3) is 0 Å². The van der Waals surface area contributed by atoms with E-state index in [0.29, 0.717) is 5.56 Å². The van der Waals surface area contributed by atoms with Crippen LogP contribution in [0.15, 0.2) is 48.5 Å². The lowest BCUT2D eigenvalue weighted by Crippen LogP contribution is -2.42. The molecule has 0 aliphatic rings. The molecule has 0 radical (unpaired) electrons. The highest BCUT2D eigenvalue weighted by Crippen LogP contribution is 2.09. The molecule has 2 aromatic carbocycles. The molecule has 0 aromatic heterocycles. The van der Waals surface area contributed by atoms with Gasteiger partial charge in [-0.05, 0) is 35.9 Å². The number of aromatic carboxylic acids is 1. The number of hydrogen-bond acceptors (Lipinski definition) is 3. The molecule has 0 saturated carbocycles. The number of hydrogen-bond donors (Lipinski definition) is 3. The zero-order chi connectivity index (χ0) is 17.7. The van der Waals surface area contributed by atoms with Crippen LogP contribution in [0.2, 0.25) is 0 Å². The highest BCUT2D eigenvalue weighted by atomic mass is 19.1. The number of carbonyl (C=O) groups excluding carboxylic acids is 1. The fourth-order valence-corrected chi connectivity index (χ4v) is 2.09. The molecule has 3 N–H and O–H groups in total. The van der Waals surface area contributed by atoms with Gasteiger partial charge in [-0.1, -0.05) is 18.2 Å². The summed E-state index contributed by atoms with van der Waals surface area (Å²) >= 11 is 0. The maximum Gasteiger partial charge on any atom is 0.335 e. The van der Waals surface area contributed by atoms with Crippen molar-refractivity contribution < 1.29 is 29.0 Å². The van der Waals surface area contributed by atoms with Crippen molar-refractivity contribution in [2.45, 2.75) is 12.5 Å². The van der Waals surface area contributed by atoms with Crippen LogP contribution in [-0.4, -0.2) is 34.1 Å². The third kappa shape index (κ3) is 4.39. The second-order valence-corrected chi connectivity index (χ2v) is 5.08. The Kier molecular flexibility index (Phi) is 5.26. The van der Waals surface area contributed by atoms with Crippen molar-refractivity contribution in [1.29, 1.82) is 0 Å². The van der Waals surface area contributed by atoms with E-state index >= 15 is 0 Å². The van der Waals surface area contributed by atoms with Crippen molar-refractivity contribution in [1.82, 2.24) is 5.32 Å². The van der Waals surface area contributed by atoms with Gasteiger partial charge in [0.2, 0.25) is 0 Å². The quantitative estimate of drug-likeness (QED) is 0.750. The van der Waals surface area contributed by atoms with Gasteiger partial charge in [-0.25, -0.2) is 14.0 Å². The third-order valence-corrected chi connectivity index (χ3v) is 3.33. The maximum absolute atomic E-state index is 13.1. The second kappa shape index (κ2) is 7.36. The van der Waals surface area contributed by atoms with E-state index in [4.69, 9.17) is 5.11 Å². The first-order valence-electron chi connectivity index (χ1n) is 6.98. The van der Waals surface area contributed by atoms with Crippen LogP contribution in [0.4, 0.5) is 4.39 Å². The molecule has 124 valence electrons. The van der Waals surface area contributed by atoms with Crippen molar-refractivity contribution in [2.24, 2.45) is 0 Å². The Morgan fingerprint density at radius 2 is 1.67 bits per heavy atom. The van der Waals surface area contributed by atoms with Crippen LogP contribution in [0, 0.1) is 5.82 Å². The molecular formula is C17H14FNO5. The third-order valence-electron chi connectivity index (χ3n) is 3.33. The van der Waals surface area contributed by atoms with Gasteiger partial charge in [0.15, 0.2) is 0 Å². The molecule has 0 unspecified atom stereocenters. The zero-order valence-electron chi connectivity index (χ0n) is 12.4. The van der Waals surface area contributed by atoms with Crippen LogP contribution in [0.3, 0.4) is 0 Å². The molecule has 0 aliphatic carbocycles. The minimum absolute atomic E-state index is 0.0162. The first kappa shape index (κ1) is 17.1. The number of carbonyl (C=O) groups is 3. The first-order valence-corrected chi connectivity index (χ1v) is 6.98. The summed E-state index contributed by atoms with van der Waals surface area (Å²) in [7, 11) is 0. The van der Waals surface area contributed by atoms with E-state index in [2.05, 4.69) is 5.32 Å². The lowest BCUT2D eigenvalue weighted by molar-refractivity contribution is -0.139. The molecule has 0 spiro atoms. The number of rotatable bonds is 6. The van der Waals surface area contributed by atoms with E-state index in [0.717, 1.165) is 6.07 Å². The smallest absolute Gasteiger partial charge is 0.335 e. The highest BCUT2D eigenvalue weighted by Gasteiger charge is 2.21. The monoisotopic (exact) mass is 331 g/mol. The Hall–Kier alpha value is -3.22. The minimum Gasteiger partial charge on any atom is -0.480 e. The summed E-state index contributed by atoms with van der Waals surface area (Å²) < 4.78 is 13.1. The molecule has 1 amide bonds. The number of carboxylic acid groups (broad SMARTS) is 2. The van der Waals surface area contributed by atoms with Gasteiger partial charge >= 0.3 is 11.9 Å². The van der Waals surface area contributed by atoms with Crippen LogP contribution < -0.4 is 5.32 Å². The molecule has 0 saturated heterocycles. The minimum atomic E-state index is -1.25. The predicted octanol–water partition coefficient (Wildman–Crippen LogP) is 1.95. The van der Waals surface area contributed by atoms with Crippen LogP contribution in [-0.2, 0) is 11.2 Å². The molecule has 0 fully saturated rings. The predicted molar refractivity (Wildman–Crippen MR) is 82.4 cm³/mol. The molecule has 0 bridgehead atoms. The first-order chi connectivity index (χ1) is 11.4. The Morgan fingerprint density at radius 1 is 1.00 bits per heavy atom. The Bertz CT molecular complexity index is 773. The van der Waals surface area contributed by atoms with Gasteiger partial charge < -0.3 is 15.5 Å². The molecule has 1 atom stereocenters. The van der Waals surface area contributed by atoms with Gasteiger partial charge in [0.25, 0.3) is 5.91 Å².